The quantitative estimate of drug-likeness (QED) is 0.705. The number of rotatable bonds is 6. The molecule has 2 unspecified atom stereocenters. The van der Waals surface area contributed by atoms with E-state index in [9.17, 15) is 9.18 Å². The van der Waals surface area contributed by atoms with Gasteiger partial charge in [-0.1, -0.05) is 48.9 Å². The molecule has 0 aliphatic carbocycles. The highest BCUT2D eigenvalue weighted by atomic mass is 19.1. The molecule has 2 heterocycles. The summed E-state index contributed by atoms with van der Waals surface area (Å²) in [6, 6.07) is 18.4. The number of aryl methyl sites for hydroxylation is 1. The summed E-state index contributed by atoms with van der Waals surface area (Å²) in [4.78, 5) is 15.5. The van der Waals surface area contributed by atoms with Gasteiger partial charge in [-0.15, -0.1) is 0 Å². The number of fused-ring (bicyclic) bond motifs is 2. The second-order valence-corrected chi connectivity index (χ2v) is 8.16. The third kappa shape index (κ3) is 4.47. The van der Waals surface area contributed by atoms with Crippen LogP contribution in [0.25, 0.3) is 0 Å². The zero-order chi connectivity index (χ0) is 18.6. The highest BCUT2D eigenvalue weighted by molar-refractivity contribution is 5.81. The molecule has 2 aromatic rings. The summed E-state index contributed by atoms with van der Waals surface area (Å²) in [6.45, 7) is 1.00. The summed E-state index contributed by atoms with van der Waals surface area (Å²) < 4.78 is 13.3. The van der Waals surface area contributed by atoms with Gasteiger partial charge < -0.3 is 0 Å². The number of hydrogen-bond acceptors (Lipinski definition) is 2. The van der Waals surface area contributed by atoms with Gasteiger partial charge in [-0.05, 0) is 55.4 Å². The van der Waals surface area contributed by atoms with Gasteiger partial charge in [-0.2, -0.15) is 0 Å². The molecule has 0 radical (unpaired) electrons. The second kappa shape index (κ2) is 8.35. The third-order valence-corrected chi connectivity index (χ3v) is 6.34. The van der Waals surface area contributed by atoms with Crippen LogP contribution in [0.2, 0.25) is 0 Å². The van der Waals surface area contributed by atoms with E-state index in [2.05, 4.69) is 35.2 Å². The molecule has 4 rings (SSSR count). The molecular weight excluding hydrogens is 337 g/mol. The van der Waals surface area contributed by atoms with Gasteiger partial charge in [0.15, 0.2) is 0 Å². The van der Waals surface area contributed by atoms with Gasteiger partial charge in [-0.25, -0.2) is 4.39 Å². The fourth-order valence-corrected chi connectivity index (χ4v) is 4.96. The summed E-state index contributed by atoms with van der Waals surface area (Å²) in [5, 5.41) is 0. The molecule has 2 saturated heterocycles. The van der Waals surface area contributed by atoms with Crippen LogP contribution in [0.1, 0.15) is 49.7 Å². The van der Waals surface area contributed by atoms with E-state index in [0.717, 1.165) is 24.9 Å². The molecule has 0 saturated carbocycles. The van der Waals surface area contributed by atoms with Crippen LogP contribution in [0.15, 0.2) is 54.6 Å². The smallest absolute Gasteiger partial charge is 0.136 e. The third-order valence-electron chi connectivity index (χ3n) is 6.34. The molecule has 2 aliphatic rings. The minimum absolute atomic E-state index is 0.181. The van der Waals surface area contributed by atoms with Gasteiger partial charge in [0.25, 0.3) is 0 Å². The van der Waals surface area contributed by atoms with Gasteiger partial charge in [-0.3, -0.25) is 9.69 Å². The minimum Gasteiger partial charge on any atom is -0.299 e. The lowest BCUT2D eigenvalue weighted by Crippen LogP contribution is -2.52. The molecule has 2 aromatic carbocycles. The summed E-state index contributed by atoms with van der Waals surface area (Å²) in [5.41, 5.74) is 2.29. The average Bonchev–Trinajstić information content (AvgIpc) is 2.67. The van der Waals surface area contributed by atoms with Gasteiger partial charge >= 0.3 is 0 Å². The molecule has 2 aliphatic heterocycles. The maximum atomic E-state index is 13.3. The SMILES string of the molecule is O=C(CCc1cccc(F)c1)C1CC2CCCC(C1)N2Cc1ccccc1. The van der Waals surface area contributed by atoms with Crippen LogP contribution < -0.4 is 0 Å². The second-order valence-electron chi connectivity index (χ2n) is 8.16. The van der Waals surface area contributed by atoms with E-state index in [1.807, 2.05) is 6.07 Å². The van der Waals surface area contributed by atoms with Crippen molar-refractivity contribution in [3.63, 3.8) is 0 Å². The first-order chi connectivity index (χ1) is 13.2. The van der Waals surface area contributed by atoms with Gasteiger partial charge in [0.2, 0.25) is 0 Å². The number of carbonyl (C=O) groups is 1. The number of piperidine rings is 2. The number of nitrogens with zero attached hydrogens (tertiary/aromatic N) is 1. The molecule has 2 nitrogen and oxygen atoms in total. The molecule has 0 N–H and O–H groups in total. The molecular formula is C24H28FNO. The lowest BCUT2D eigenvalue weighted by atomic mass is 9.75. The predicted octanol–water partition coefficient (Wildman–Crippen LogP) is 5.16. The van der Waals surface area contributed by atoms with Crippen LogP contribution in [0.3, 0.4) is 0 Å². The molecule has 2 atom stereocenters. The van der Waals surface area contributed by atoms with Crippen LogP contribution in [0.5, 0.6) is 0 Å². The Morgan fingerprint density at radius 3 is 2.37 bits per heavy atom. The Labute approximate surface area is 161 Å². The molecule has 2 fully saturated rings. The number of benzene rings is 2. The summed E-state index contributed by atoms with van der Waals surface area (Å²) >= 11 is 0. The summed E-state index contributed by atoms with van der Waals surface area (Å²) in [5.74, 6) is 0.333. The molecule has 3 heteroatoms. The van der Waals surface area contributed by atoms with Crippen molar-refractivity contribution in [2.24, 2.45) is 5.92 Å². The maximum Gasteiger partial charge on any atom is 0.136 e. The van der Waals surface area contributed by atoms with Crippen molar-refractivity contribution < 1.29 is 9.18 Å². The fourth-order valence-electron chi connectivity index (χ4n) is 4.96. The Morgan fingerprint density at radius 1 is 0.963 bits per heavy atom. The molecule has 2 bridgehead atoms. The molecule has 0 spiro atoms. The highest BCUT2D eigenvalue weighted by Gasteiger charge is 2.40. The van der Waals surface area contributed by atoms with Gasteiger partial charge in [0.05, 0.1) is 0 Å². The zero-order valence-corrected chi connectivity index (χ0v) is 15.8. The first kappa shape index (κ1) is 18.4. The van der Waals surface area contributed by atoms with Gasteiger partial charge in [0, 0.05) is 31.0 Å². The molecule has 0 amide bonds. The molecule has 0 aromatic heterocycles. The highest BCUT2D eigenvalue weighted by Crippen LogP contribution is 2.38. The van der Waals surface area contributed by atoms with Crippen molar-refractivity contribution >= 4 is 5.78 Å². The van der Waals surface area contributed by atoms with E-state index in [-0.39, 0.29) is 11.7 Å². The number of halogens is 1. The molecule has 142 valence electrons. The lowest BCUT2D eigenvalue weighted by molar-refractivity contribution is -0.127. The summed E-state index contributed by atoms with van der Waals surface area (Å²) in [6.07, 6.45) is 6.86. The topological polar surface area (TPSA) is 20.3 Å². The number of hydrogen-bond donors (Lipinski definition) is 0. The van der Waals surface area contributed by atoms with Crippen molar-refractivity contribution in [3.05, 3.63) is 71.5 Å². The van der Waals surface area contributed by atoms with Crippen molar-refractivity contribution in [1.82, 2.24) is 4.90 Å². The Bertz CT molecular complexity index is 761. The first-order valence-corrected chi connectivity index (χ1v) is 10.3. The van der Waals surface area contributed by atoms with Crippen molar-refractivity contribution in [2.75, 3.05) is 0 Å². The van der Waals surface area contributed by atoms with Crippen LogP contribution >= 0.6 is 0 Å². The normalized spacial score (nSPS) is 25.3. The zero-order valence-electron chi connectivity index (χ0n) is 15.8. The van der Waals surface area contributed by atoms with Crippen molar-refractivity contribution in [1.29, 1.82) is 0 Å². The Hall–Kier alpha value is -2.00. The van der Waals surface area contributed by atoms with Crippen LogP contribution in [-0.2, 0) is 17.8 Å². The van der Waals surface area contributed by atoms with E-state index in [0.29, 0.717) is 30.7 Å². The Morgan fingerprint density at radius 2 is 1.67 bits per heavy atom. The molecule has 27 heavy (non-hydrogen) atoms. The van der Waals surface area contributed by atoms with Crippen molar-refractivity contribution in [3.8, 4) is 0 Å². The van der Waals surface area contributed by atoms with E-state index in [4.69, 9.17) is 0 Å². The van der Waals surface area contributed by atoms with E-state index in [1.165, 1.54) is 30.9 Å². The number of carbonyl (C=O) groups excluding carboxylic acids is 1. The number of Topliss-reactive ketones (excluding diaryl/α,β-unsaturated/α-hetero) is 1. The van der Waals surface area contributed by atoms with Crippen LogP contribution in [0.4, 0.5) is 4.39 Å². The first-order valence-electron chi connectivity index (χ1n) is 10.3. The Kier molecular flexibility index (Phi) is 5.68. The lowest BCUT2D eigenvalue weighted by Gasteiger charge is -2.48. The minimum atomic E-state index is -0.219. The standard InChI is InChI=1S/C24H28FNO/c25-21-9-4-8-18(14-21)12-13-24(27)20-15-22-10-5-11-23(16-20)26(22)17-19-6-2-1-3-7-19/h1-4,6-9,14,20,22-23H,5,10-13,15-17H2. The number of ketones is 1. The fraction of sp³-hybridized carbons (Fsp3) is 0.458. The van der Waals surface area contributed by atoms with Crippen LogP contribution in [0, 0.1) is 11.7 Å². The van der Waals surface area contributed by atoms with Crippen LogP contribution in [-0.4, -0.2) is 22.8 Å². The van der Waals surface area contributed by atoms with Gasteiger partial charge in [0.1, 0.15) is 11.6 Å². The summed E-state index contributed by atoms with van der Waals surface area (Å²) in [7, 11) is 0. The van der Waals surface area contributed by atoms with Crippen molar-refractivity contribution in [2.45, 2.75) is 63.6 Å². The monoisotopic (exact) mass is 365 g/mol. The van der Waals surface area contributed by atoms with E-state index < -0.39 is 0 Å². The van der Waals surface area contributed by atoms with E-state index >= 15 is 0 Å². The largest absolute Gasteiger partial charge is 0.299 e. The predicted molar refractivity (Wildman–Crippen MR) is 106 cm³/mol. The average molecular weight is 365 g/mol. The maximum absolute atomic E-state index is 13.3. The Balaban J connectivity index is 1.37. The van der Waals surface area contributed by atoms with E-state index in [1.54, 1.807) is 12.1 Å².